The van der Waals surface area contributed by atoms with Crippen molar-refractivity contribution in [2.24, 2.45) is 0 Å². The molecule has 0 spiro atoms. The number of hydrogen-bond acceptors (Lipinski definition) is 2. The summed E-state index contributed by atoms with van der Waals surface area (Å²) in [6.45, 7) is 8.95. The molecule has 1 aromatic rings. The summed E-state index contributed by atoms with van der Waals surface area (Å²) < 4.78 is 0. The quantitative estimate of drug-likeness (QED) is 0.547. The van der Waals surface area contributed by atoms with E-state index in [1.807, 2.05) is 18.2 Å². The van der Waals surface area contributed by atoms with Gasteiger partial charge in [-0.2, -0.15) is 0 Å². The molecule has 0 aliphatic heterocycles. The van der Waals surface area contributed by atoms with Crippen LogP contribution in [0, 0.1) is 0 Å². The van der Waals surface area contributed by atoms with Crippen molar-refractivity contribution in [3.63, 3.8) is 0 Å². The highest BCUT2D eigenvalue weighted by atomic mass is 35.5. The second-order valence-corrected chi connectivity index (χ2v) is 3.21. The first kappa shape index (κ1) is 10.8. The molecule has 2 nitrogen and oxygen atoms in total. The smallest absolute Gasteiger partial charge is 0.129 e. The zero-order chi connectivity index (χ0) is 10.4. The molecule has 0 radical (unpaired) electrons. The van der Waals surface area contributed by atoms with Gasteiger partial charge in [-0.25, -0.2) is 4.98 Å². The molecule has 0 saturated heterocycles. The molecule has 0 aliphatic carbocycles. The molecule has 1 heterocycles. The third-order valence-corrected chi connectivity index (χ3v) is 2.00. The van der Waals surface area contributed by atoms with Gasteiger partial charge in [0.05, 0.1) is 11.9 Å². The van der Waals surface area contributed by atoms with Gasteiger partial charge in [0.2, 0.25) is 0 Å². The van der Waals surface area contributed by atoms with Crippen molar-refractivity contribution in [3.8, 4) is 0 Å². The minimum atomic E-state index is 0.505. The number of hydrogen-bond donors (Lipinski definition) is 0. The fourth-order valence-electron chi connectivity index (χ4n) is 1.15. The highest BCUT2D eigenvalue weighted by Gasteiger charge is 2.02. The molecule has 0 fully saturated rings. The Hall–Kier alpha value is -1.28. The van der Waals surface area contributed by atoms with Gasteiger partial charge in [-0.1, -0.05) is 23.8 Å². The van der Waals surface area contributed by atoms with Crippen LogP contribution in [0.25, 0.3) is 0 Å². The van der Waals surface area contributed by atoms with Gasteiger partial charge in [0.1, 0.15) is 5.15 Å². The van der Waals surface area contributed by atoms with E-state index in [1.54, 1.807) is 12.3 Å². The zero-order valence-electron chi connectivity index (χ0n) is 7.99. The standard InChI is InChI=1S/C11H13ClN2/c1-3-7-14(8-4-2)10-5-6-11(12)13-9-10/h3-6,9H,1-2,7-8H2. The first-order chi connectivity index (χ1) is 6.77. The van der Waals surface area contributed by atoms with E-state index in [2.05, 4.69) is 23.0 Å². The van der Waals surface area contributed by atoms with Gasteiger partial charge in [-0.3, -0.25) is 0 Å². The minimum absolute atomic E-state index is 0.505. The van der Waals surface area contributed by atoms with E-state index >= 15 is 0 Å². The Morgan fingerprint density at radius 3 is 2.36 bits per heavy atom. The van der Waals surface area contributed by atoms with Crippen LogP contribution in [0.3, 0.4) is 0 Å². The molecule has 0 bridgehead atoms. The first-order valence-electron chi connectivity index (χ1n) is 4.36. The maximum atomic E-state index is 5.70. The molecular weight excluding hydrogens is 196 g/mol. The average Bonchev–Trinajstić information content (AvgIpc) is 2.19. The number of halogens is 1. The van der Waals surface area contributed by atoms with Crippen molar-refractivity contribution in [2.75, 3.05) is 18.0 Å². The summed E-state index contributed by atoms with van der Waals surface area (Å²) in [7, 11) is 0. The molecule has 1 rings (SSSR count). The molecule has 14 heavy (non-hydrogen) atoms. The van der Waals surface area contributed by atoms with Crippen molar-refractivity contribution in [1.82, 2.24) is 4.98 Å². The Morgan fingerprint density at radius 1 is 1.29 bits per heavy atom. The molecule has 1 aromatic heterocycles. The molecule has 3 heteroatoms. The molecule has 74 valence electrons. The molecule has 0 saturated carbocycles. The van der Waals surface area contributed by atoms with Crippen LogP contribution in [0.5, 0.6) is 0 Å². The van der Waals surface area contributed by atoms with Crippen LogP contribution in [0.1, 0.15) is 0 Å². The number of anilines is 1. The number of pyridine rings is 1. The predicted molar refractivity (Wildman–Crippen MR) is 61.9 cm³/mol. The third-order valence-electron chi connectivity index (χ3n) is 1.78. The summed E-state index contributed by atoms with van der Waals surface area (Å²) in [5.74, 6) is 0. The Balaban J connectivity index is 2.80. The second-order valence-electron chi connectivity index (χ2n) is 2.82. The Labute approximate surface area is 89.5 Å². The van der Waals surface area contributed by atoms with Crippen LogP contribution in [0.2, 0.25) is 5.15 Å². The fraction of sp³-hybridized carbons (Fsp3) is 0.182. The maximum Gasteiger partial charge on any atom is 0.129 e. The lowest BCUT2D eigenvalue weighted by atomic mass is 10.3. The predicted octanol–water partition coefficient (Wildman–Crippen LogP) is 2.91. The van der Waals surface area contributed by atoms with Crippen molar-refractivity contribution in [2.45, 2.75) is 0 Å². The van der Waals surface area contributed by atoms with Crippen LogP contribution in [0.4, 0.5) is 5.69 Å². The van der Waals surface area contributed by atoms with E-state index in [9.17, 15) is 0 Å². The molecule has 0 unspecified atom stereocenters. The van der Waals surface area contributed by atoms with Crippen LogP contribution >= 0.6 is 11.6 Å². The van der Waals surface area contributed by atoms with Crippen molar-refractivity contribution < 1.29 is 0 Å². The van der Waals surface area contributed by atoms with Crippen LogP contribution < -0.4 is 4.90 Å². The van der Waals surface area contributed by atoms with Gasteiger partial charge >= 0.3 is 0 Å². The summed E-state index contributed by atoms with van der Waals surface area (Å²) in [4.78, 5) is 6.12. The van der Waals surface area contributed by atoms with Crippen LogP contribution in [0.15, 0.2) is 43.6 Å². The summed E-state index contributed by atoms with van der Waals surface area (Å²) >= 11 is 5.70. The fourth-order valence-corrected chi connectivity index (χ4v) is 1.26. The lowest BCUT2D eigenvalue weighted by Gasteiger charge is -2.20. The Morgan fingerprint density at radius 2 is 1.93 bits per heavy atom. The summed E-state index contributed by atoms with van der Waals surface area (Å²) in [6, 6.07) is 3.71. The first-order valence-corrected chi connectivity index (χ1v) is 4.74. The van der Waals surface area contributed by atoms with E-state index in [-0.39, 0.29) is 0 Å². The SMILES string of the molecule is C=CCN(CC=C)c1ccc(Cl)nc1. The van der Waals surface area contributed by atoms with Gasteiger partial charge in [0.15, 0.2) is 0 Å². The number of rotatable bonds is 5. The molecule has 0 atom stereocenters. The van der Waals surface area contributed by atoms with E-state index < -0.39 is 0 Å². The normalized spacial score (nSPS) is 9.50. The molecule has 0 aliphatic rings. The van der Waals surface area contributed by atoms with Crippen molar-refractivity contribution in [1.29, 1.82) is 0 Å². The Bertz CT molecular complexity index is 296. The van der Waals surface area contributed by atoms with E-state index in [0.717, 1.165) is 18.8 Å². The van der Waals surface area contributed by atoms with Gasteiger partial charge < -0.3 is 4.90 Å². The lowest BCUT2D eigenvalue weighted by molar-refractivity contribution is 0.950. The monoisotopic (exact) mass is 208 g/mol. The van der Waals surface area contributed by atoms with Gasteiger partial charge in [-0.15, -0.1) is 13.2 Å². The van der Waals surface area contributed by atoms with E-state index in [0.29, 0.717) is 5.15 Å². The molecule has 0 aromatic carbocycles. The molecular formula is C11H13ClN2. The molecule has 0 N–H and O–H groups in total. The zero-order valence-corrected chi connectivity index (χ0v) is 8.74. The Kier molecular flexibility index (Phi) is 4.20. The third kappa shape index (κ3) is 2.89. The number of nitrogens with zero attached hydrogens (tertiary/aromatic N) is 2. The van der Waals surface area contributed by atoms with E-state index in [4.69, 9.17) is 11.6 Å². The van der Waals surface area contributed by atoms with Gasteiger partial charge in [0.25, 0.3) is 0 Å². The van der Waals surface area contributed by atoms with Crippen LogP contribution in [-0.2, 0) is 0 Å². The summed E-state index contributed by atoms with van der Waals surface area (Å²) in [5, 5.41) is 0.505. The highest BCUT2D eigenvalue weighted by Crippen LogP contribution is 2.14. The van der Waals surface area contributed by atoms with Gasteiger partial charge in [0, 0.05) is 13.1 Å². The minimum Gasteiger partial charge on any atom is -0.363 e. The summed E-state index contributed by atoms with van der Waals surface area (Å²) in [5.41, 5.74) is 1.02. The maximum absolute atomic E-state index is 5.70. The second kappa shape index (κ2) is 5.45. The highest BCUT2D eigenvalue weighted by molar-refractivity contribution is 6.29. The van der Waals surface area contributed by atoms with Crippen molar-refractivity contribution >= 4 is 17.3 Å². The summed E-state index contributed by atoms with van der Waals surface area (Å²) in [6.07, 6.45) is 5.44. The van der Waals surface area contributed by atoms with Crippen molar-refractivity contribution in [3.05, 3.63) is 48.8 Å². The molecule has 0 amide bonds. The topological polar surface area (TPSA) is 16.1 Å². The van der Waals surface area contributed by atoms with E-state index in [1.165, 1.54) is 0 Å². The average molecular weight is 209 g/mol. The van der Waals surface area contributed by atoms with Crippen LogP contribution in [-0.4, -0.2) is 18.1 Å². The largest absolute Gasteiger partial charge is 0.363 e. The lowest BCUT2D eigenvalue weighted by Crippen LogP contribution is -2.23. The van der Waals surface area contributed by atoms with Gasteiger partial charge in [-0.05, 0) is 12.1 Å². The number of aromatic nitrogens is 1.